The molecule has 16 heteroatoms. The normalized spacial score (nSPS) is 10.3. The van der Waals surface area contributed by atoms with E-state index in [0.717, 1.165) is 45.0 Å². The molecule has 0 bridgehead atoms. The molecular weight excluding hydrogens is 720 g/mol. The van der Waals surface area contributed by atoms with Gasteiger partial charge < -0.3 is 21.3 Å². The lowest BCUT2D eigenvalue weighted by Gasteiger charge is -2.10. The van der Waals surface area contributed by atoms with Gasteiger partial charge in [-0.3, -0.25) is 40.5 Å². The van der Waals surface area contributed by atoms with Gasteiger partial charge in [-0.1, -0.05) is 48.5 Å². The fourth-order valence-electron chi connectivity index (χ4n) is 5.25. The standard InChI is InChI=1S/2C20H18N4O4/c25-23(26)19-9-5-17(6-10-19)21-13-15-1-2-16(4-3-15)14-22-18-7-11-20(12-8-18)24(27)28;25-23(26)19-8-4-17(5-9-19)21-13-15-2-1-3-16(12-15)14-22-18-6-10-20(11-7-18)24(27)28/h2*1-12,21-22H,13-14H2. The second-order valence-corrected chi connectivity index (χ2v) is 12.3. The minimum Gasteiger partial charge on any atom is -0.381 e. The molecule has 0 radical (unpaired) electrons. The molecule has 0 saturated carbocycles. The maximum Gasteiger partial charge on any atom is 0.269 e. The number of benzene rings is 6. The number of nitro benzene ring substituents is 4. The Morgan fingerprint density at radius 3 is 0.786 bits per heavy atom. The van der Waals surface area contributed by atoms with E-state index in [2.05, 4.69) is 27.3 Å². The monoisotopic (exact) mass is 756 g/mol. The fraction of sp³-hybridized carbons (Fsp3) is 0.100. The van der Waals surface area contributed by atoms with Crippen LogP contribution in [0.3, 0.4) is 0 Å². The lowest BCUT2D eigenvalue weighted by Crippen LogP contribution is -2.03. The predicted octanol–water partition coefficient (Wildman–Crippen LogP) is 9.45. The Hall–Kier alpha value is -7.88. The molecule has 0 aromatic heterocycles. The van der Waals surface area contributed by atoms with Gasteiger partial charge in [-0.25, -0.2) is 0 Å². The highest BCUT2D eigenvalue weighted by Crippen LogP contribution is 2.20. The Balaban J connectivity index is 0.000000214. The van der Waals surface area contributed by atoms with Gasteiger partial charge in [0.25, 0.3) is 22.7 Å². The molecule has 4 N–H and O–H groups in total. The largest absolute Gasteiger partial charge is 0.381 e. The molecule has 6 rings (SSSR count). The van der Waals surface area contributed by atoms with Gasteiger partial charge in [0.1, 0.15) is 0 Å². The molecule has 0 saturated heterocycles. The van der Waals surface area contributed by atoms with E-state index in [4.69, 9.17) is 0 Å². The summed E-state index contributed by atoms with van der Waals surface area (Å²) in [4.78, 5) is 41.0. The van der Waals surface area contributed by atoms with E-state index >= 15 is 0 Å². The maximum absolute atomic E-state index is 10.7. The second kappa shape index (κ2) is 19.3. The van der Waals surface area contributed by atoms with Crippen molar-refractivity contribution < 1.29 is 19.7 Å². The average molecular weight is 757 g/mol. The molecule has 0 atom stereocenters. The van der Waals surface area contributed by atoms with Crippen molar-refractivity contribution in [3.05, 3.63) is 208 Å². The van der Waals surface area contributed by atoms with Crippen LogP contribution in [0.2, 0.25) is 0 Å². The van der Waals surface area contributed by atoms with Crippen LogP contribution < -0.4 is 21.3 Å². The van der Waals surface area contributed by atoms with Crippen LogP contribution in [0.5, 0.6) is 0 Å². The zero-order chi connectivity index (χ0) is 39.9. The molecule has 16 nitrogen and oxygen atoms in total. The maximum atomic E-state index is 10.7. The molecule has 0 amide bonds. The first-order chi connectivity index (χ1) is 27.0. The first-order valence-electron chi connectivity index (χ1n) is 17.1. The van der Waals surface area contributed by atoms with Crippen LogP contribution in [0.1, 0.15) is 22.3 Å². The number of nitrogens with zero attached hydrogens (tertiary/aromatic N) is 4. The number of hydrogen-bond acceptors (Lipinski definition) is 12. The minimum atomic E-state index is -0.425. The summed E-state index contributed by atoms with van der Waals surface area (Å²) in [7, 11) is 0. The number of anilines is 4. The summed E-state index contributed by atoms with van der Waals surface area (Å²) in [5.74, 6) is 0. The number of nitro groups is 4. The second-order valence-electron chi connectivity index (χ2n) is 12.3. The van der Waals surface area contributed by atoms with Crippen molar-refractivity contribution in [1.82, 2.24) is 0 Å². The lowest BCUT2D eigenvalue weighted by atomic mass is 10.1. The van der Waals surface area contributed by atoms with Crippen LogP contribution in [-0.2, 0) is 26.2 Å². The van der Waals surface area contributed by atoms with Crippen molar-refractivity contribution in [2.24, 2.45) is 0 Å². The summed E-state index contributed by atoms with van der Waals surface area (Å²) in [5.41, 5.74) is 7.79. The van der Waals surface area contributed by atoms with Gasteiger partial charge in [0.15, 0.2) is 0 Å². The molecule has 0 heterocycles. The Morgan fingerprint density at radius 1 is 0.321 bits per heavy atom. The van der Waals surface area contributed by atoms with Gasteiger partial charge >= 0.3 is 0 Å². The van der Waals surface area contributed by atoms with Crippen molar-refractivity contribution in [2.75, 3.05) is 21.3 Å². The topological polar surface area (TPSA) is 221 Å². The number of hydrogen-bond donors (Lipinski definition) is 4. The van der Waals surface area contributed by atoms with E-state index in [1.54, 1.807) is 48.5 Å². The molecule has 0 unspecified atom stereocenters. The van der Waals surface area contributed by atoms with Crippen molar-refractivity contribution in [2.45, 2.75) is 26.2 Å². The Morgan fingerprint density at radius 2 is 0.554 bits per heavy atom. The van der Waals surface area contributed by atoms with Crippen LogP contribution in [0.4, 0.5) is 45.5 Å². The summed E-state index contributed by atoms with van der Waals surface area (Å²) in [5, 5.41) is 55.6. The highest BCUT2D eigenvalue weighted by atomic mass is 16.6. The van der Waals surface area contributed by atoms with Gasteiger partial charge in [0.05, 0.1) is 19.7 Å². The number of nitrogens with one attached hydrogen (secondary N) is 4. The predicted molar refractivity (Wildman–Crippen MR) is 215 cm³/mol. The molecule has 0 aliphatic carbocycles. The van der Waals surface area contributed by atoms with Gasteiger partial charge in [0, 0.05) is 97.5 Å². The number of rotatable bonds is 16. The third-order valence-electron chi connectivity index (χ3n) is 8.31. The van der Waals surface area contributed by atoms with E-state index in [9.17, 15) is 40.5 Å². The lowest BCUT2D eigenvalue weighted by molar-refractivity contribution is -0.385. The smallest absolute Gasteiger partial charge is 0.269 e. The van der Waals surface area contributed by atoms with E-state index in [-0.39, 0.29) is 22.7 Å². The first-order valence-corrected chi connectivity index (χ1v) is 17.1. The third kappa shape index (κ3) is 12.1. The highest BCUT2D eigenvalue weighted by Gasteiger charge is 2.07. The number of non-ortho nitro benzene ring substituents is 4. The molecule has 56 heavy (non-hydrogen) atoms. The van der Waals surface area contributed by atoms with Crippen LogP contribution in [-0.4, -0.2) is 19.7 Å². The van der Waals surface area contributed by atoms with Crippen LogP contribution in [0.15, 0.2) is 146 Å². The fourth-order valence-corrected chi connectivity index (χ4v) is 5.25. The van der Waals surface area contributed by atoms with E-state index in [0.29, 0.717) is 26.2 Å². The van der Waals surface area contributed by atoms with E-state index in [1.165, 1.54) is 48.5 Å². The quantitative estimate of drug-likeness (QED) is 0.0536. The van der Waals surface area contributed by atoms with Gasteiger partial charge in [-0.05, 0) is 70.8 Å². The van der Waals surface area contributed by atoms with Gasteiger partial charge in [-0.15, -0.1) is 0 Å². The molecule has 0 aliphatic rings. The molecule has 0 aliphatic heterocycles. The molecule has 0 spiro atoms. The summed E-state index contributed by atoms with van der Waals surface area (Å²) in [6.45, 7) is 2.38. The van der Waals surface area contributed by atoms with Gasteiger partial charge in [0.2, 0.25) is 0 Å². The van der Waals surface area contributed by atoms with Gasteiger partial charge in [-0.2, -0.15) is 0 Å². The van der Waals surface area contributed by atoms with Crippen molar-refractivity contribution in [1.29, 1.82) is 0 Å². The zero-order valence-corrected chi connectivity index (χ0v) is 29.7. The van der Waals surface area contributed by atoms with Crippen molar-refractivity contribution >= 4 is 45.5 Å². The van der Waals surface area contributed by atoms with E-state index in [1.807, 2.05) is 42.5 Å². The molecule has 284 valence electrons. The summed E-state index contributed by atoms with van der Waals surface area (Å²) < 4.78 is 0. The van der Waals surface area contributed by atoms with Crippen LogP contribution in [0, 0.1) is 40.5 Å². The van der Waals surface area contributed by atoms with E-state index < -0.39 is 19.7 Å². The average Bonchev–Trinajstić information content (AvgIpc) is 3.22. The summed E-state index contributed by atoms with van der Waals surface area (Å²) in [6, 6.07) is 41.2. The Labute approximate surface area is 320 Å². The molecule has 6 aromatic carbocycles. The molecule has 0 fully saturated rings. The zero-order valence-electron chi connectivity index (χ0n) is 29.7. The summed E-state index contributed by atoms with van der Waals surface area (Å²) in [6.07, 6.45) is 0. The molecule has 6 aromatic rings. The van der Waals surface area contributed by atoms with Crippen LogP contribution in [0.25, 0.3) is 0 Å². The highest BCUT2D eigenvalue weighted by molar-refractivity contribution is 5.52. The van der Waals surface area contributed by atoms with Crippen molar-refractivity contribution in [3.8, 4) is 0 Å². The Kier molecular flexibility index (Phi) is 13.5. The first kappa shape index (κ1) is 39.3. The SMILES string of the molecule is O=[N+]([O-])c1ccc(NCc2ccc(CNc3ccc([N+](=O)[O-])cc3)cc2)cc1.O=[N+]([O-])c1ccc(NCc2cccc(CNc3ccc([N+](=O)[O-])cc3)c2)cc1. The van der Waals surface area contributed by atoms with Crippen molar-refractivity contribution in [3.63, 3.8) is 0 Å². The van der Waals surface area contributed by atoms with Crippen LogP contribution >= 0.6 is 0 Å². The molecular formula is C40H36N8O8. The minimum absolute atomic E-state index is 0.0601. The summed E-state index contributed by atoms with van der Waals surface area (Å²) >= 11 is 0. The Bertz CT molecular complexity index is 2100. The third-order valence-corrected chi connectivity index (χ3v) is 8.31.